The van der Waals surface area contributed by atoms with Crippen molar-refractivity contribution in [1.82, 2.24) is 0 Å². The van der Waals surface area contributed by atoms with Gasteiger partial charge in [-0.05, 0) is 49.2 Å². The molecule has 0 atom stereocenters. The van der Waals surface area contributed by atoms with E-state index in [1.54, 1.807) is 12.1 Å². The third-order valence-electron chi connectivity index (χ3n) is 3.78. The number of hydrogen-bond acceptors (Lipinski definition) is 4. The zero-order valence-electron chi connectivity index (χ0n) is 16.1. The van der Waals surface area contributed by atoms with Gasteiger partial charge < -0.3 is 14.3 Å². The first kappa shape index (κ1) is 23.7. The summed E-state index contributed by atoms with van der Waals surface area (Å²) in [5.41, 5.74) is 2.60. The van der Waals surface area contributed by atoms with Crippen molar-refractivity contribution in [2.45, 2.75) is 20.3 Å². The molecule has 0 aliphatic carbocycles. The van der Waals surface area contributed by atoms with Crippen molar-refractivity contribution < 1.29 is 14.3 Å². The lowest BCUT2D eigenvalue weighted by atomic mass is 10.1. The van der Waals surface area contributed by atoms with Crippen LogP contribution in [0.3, 0.4) is 0 Å². The summed E-state index contributed by atoms with van der Waals surface area (Å²) in [4.78, 5) is 5.36. The predicted molar refractivity (Wildman–Crippen MR) is 121 cm³/mol. The van der Waals surface area contributed by atoms with E-state index < -0.39 is 0 Å². The van der Waals surface area contributed by atoms with Crippen LogP contribution >= 0.6 is 46.4 Å². The smallest absolute Gasteiger partial charge is 0.141 e. The van der Waals surface area contributed by atoms with Gasteiger partial charge in [-0.3, -0.25) is 0 Å². The van der Waals surface area contributed by atoms with Crippen LogP contribution in [0, 0.1) is 6.92 Å². The quantitative estimate of drug-likeness (QED) is 0.206. The van der Waals surface area contributed by atoms with Crippen LogP contribution in [0.25, 0.3) is 0 Å². The topological polar surface area (TPSA) is 40.0 Å². The van der Waals surface area contributed by atoms with Gasteiger partial charge in [0.05, 0.1) is 17.3 Å². The summed E-state index contributed by atoms with van der Waals surface area (Å²) in [7, 11) is 0. The molecule has 0 heterocycles. The third-order valence-corrected chi connectivity index (χ3v) is 4.62. The van der Waals surface area contributed by atoms with Crippen molar-refractivity contribution in [2.75, 3.05) is 19.8 Å². The lowest BCUT2D eigenvalue weighted by Gasteiger charge is -2.13. The second kappa shape index (κ2) is 12.2. The van der Waals surface area contributed by atoms with Crippen LogP contribution < -0.4 is 9.47 Å². The van der Waals surface area contributed by atoms with Gasteiger partial charge in [-0.15, -0.1) is 0 Å². The lowest BCUT2D eigenvalue weighted by molar-refractivity contribution is 0.127. The number of ether oxygens (including phenoxy) is 2. The second-order valence-corrected chi connectivity index (χ2v) is 7.93. The molecule has 0 spiro atoms. The summed E-state index contributed by atoms with van der Waals surface area (Å²) >= 11 is 23.3. The van der Waals surface area contributed by atoms with Crippen LogP contribution in [-0.4, -0.2) is 25.5 Å². The fourth-order valence-corrected chi connectivity index (χ4v) is 2.91. The number of hydrogen-bond donors (Lipinski definition) is 0. The zero-order chi connectivity index (χ0) is 21.2. The molecule has 0 unspecified atom stereocenters. The number of oxime groups is 1. The van der Waals surface area contributed by atoms with Crippen molar-refractivity contribution >= 4 is 52.1 Å². The molecule has 8 heteroatoms. The van der Waals surface area contributed by atoms with E-state index in [2.05, 4.69) is 5.16 Å². The van der Waals surface area contributed by atoms with Crippen LogP contribution in [-0.2, 0) is 4.84 Å². The van der Waals surface area contributed by atoms with Crippen LogP contribution in [0.4, 0.5) is 0 Å². The Morgan fingerprint density at radius 3 is 2.41 bits per heavy atom. The maximum absolute atomic E-state index is 6.30. The van der Waals surface area contributed by atoms with Crippen LogP contribution in [0.5, 0.6) is 11.5 Å². The van der Waals surface area contributed by atoms with E-state index in [-0.39, 0.29) is 11.1 Å². The van der Waals surface area contributed by atoms with Gasteiger partial charge in [-0.25, -0.2) is 0 Å². The highest BCUT2D eigenvalue weighted by Gasteiger charge is 2.09. The Hall–Kier alpha value is -1.59. The van der Waals surface area contributed by atoms with Crippen LogP contribution in [0.15, 0.2) is 52.1 Å². The van der Waals surface area contributed by atoms with Crippen molar-refractivity contribution in [1.29, 1.82) is 0 Å². The molecule has 2 aromatic carbocycles. The van der Waals surface area contributed by atoms with Gasteiger partial charge >= 0.3 is 0 Å². The molecular formula is C21H21Cl4NO3. The normalized spacial score (nSPS) is 11.2. The molecule has 156 valence electrons. The first-order valence-corrected chi connectivity index (χ1v) is 10.4. The first-order chi connectivity index (χ1) is 13.9. The molecule has 0 saturated carbocycles. The van der Waals surface area contributed by atoms with E-state index in [0.29, 0.717) is 41.2 Å². The Labute approximate surface area is 190 Å². The van der Waals surface area contributed by atoms with Crippen LogP contribution in [0.1, 0.15) is 24.5 Å². The number of rotatable bonds is 10. The minimum atomic E-state index is 0.155. The molecule has 0 N–H and O–H groups in total. The van der Waals surface area contributed by atoms with E-state index in [1.807, 2.05) is 44.2 Å². The molecule has 0 aliphatic rings. The molecule has 0 aromatic heterocycles. The van der Waals surface area contributed by atoms with Crippen molar-refractivity contribution in [2.24, 2.45) is 5.16 Å². The van der Waals surface area contributed by atoms with E-state index in [4.69, 9.17) is 60.7 Å². The molecule has 0 fully saturated rings. The minimum Gasteiger partial charge on any atom is -0.492 e. The lowest BCUT2D eigenvalue weighted by Crippen LogP contribution is -2.04. The van der Waals surface area contributed by atoms with Gasteiger partial charge in [-0.1, -0.05) is 63.7 Å². The highest BCUT2D eigenvalue weighted by Crippen LogP contribution is 2.33. The van der Waals surface area contributed by atoms with Crippen molar-refractivity contribution in [3.05, 3.63) is 68.1 Å². The first-order valence-electron chi connectivity index (χ1n) is 8.86. The summed E-state index contributed by atoms with van der Waals surface area (Å²) in [6.07, 6.45) is 2.21. The standard InChI is InChI=1S/C21H21Cl4NO3/c1-14-12-18(27-11-8-20(24)25)13-19(23)21(14)28-9-3-10-29-26-15(2)16-4-6-17(22)7-5-16/h4-8,12-13H,3,9-11H2,1-2H3. The zero-order valence-corrected chi connectivity index (χ0v) is 19.1. The van der Waals surface area contributed by atoms with Gasteiger partial charge in [-0.2, -0.15) is 0 Å². The van der Waals surface area contributed by atoms with Gasteiger partial charge in [0.15, 0.2) is 0 Å². The summed E-state index contributed by atoms with van der Waals surface area (Å²) in [6, 6.07) is 11.0. The molecule has 2 rings (SSSR count). The predicted octanol–water partition coefficient (Wildman–Crippen LogP) is 7.21. The molecule has 0 aliphatic heterocycles. The average Bonchev–Trinajstić information content (AvgIpc) is 2.66. The highest BCUT2D eigenvalue weighted by molar-refractivity contribution is 6.55. The van der Waals surface area contributed by atoms with Gasteiger partial charge in [0.25, 0.3) is 0 Å². The number of nitrogens with zero attached hydrogens (tertiary/aromatic N) is 1. The minimum absolute atomic E-state index is 0.155. The number of halogens is 4. The van der Waals surface area contributed by atoms with E-state index >= 15 is 0 Å². The van der Waals surface area contributed by atoms with Crippen LogP contribution in [0.2, 0.25) is 10.0 Å². The highest BCUT2D eigenvalue weighted by atomic mass is 35.5. The van der Waals surface area contributed by atoms with E-state index in [0.717, 1.165) is 16.8 Å². The van der Waals surface area contributed by atoms with Crippen molar-refractivity contribution in [3.8, 4) is 11.5 Å². The van der Waals surface area contributed by atoms with Gasteiger partial charge in [0.2, 0.25) is 0 Å². The fourth-order valence-electron chi connectivity index (χ4n) is 2.35. The molecule has 4 nitrogen and oxygen atoms in total. The fraction of sp³-hybridized carbons (Fsp3) is 0.286. The molecule has 0 saturated heterocycles. The van der Waals surface area contributed by atoms with E-state index in [1.165, 1.54) is 0 Å². The maximum atomic E-state index is 6.30. The summed E-state index contributed by atoms with van der Waals surface area (Å²) in [5, 5.41) is 5.26. The Balaban J connectivity index is 1.77. The van der Waals surface area contributed by atoms with Gasteiger partial charge in [0, 0.05) is 17.5 Å². The average molecular weight is 477 g/mol. The maximum Gasteiger partial charge on any atom is 0.141 e. The molecule has 0 radical (unpaired) electrons. The molecule has 2 aromatic rings. The van der Waals surface area contributed by atoms with E-state index in [9.17, 15) is 0 Å². The molecule has 0 bridgehead atoms. The molecule has 0 amide bonds. The summed E-state index contributed by atoms with van der Waals surface area (Å²) in [5.74, 6) is 1.23. The number of benzene rings is 2. The Morgan fingerprint density at radius 2 is 1.76 bits per heavy atom. The summed E-state index contributed by atoms with van der Waals surface area (Å²) in [6.45, 7) is 4.90. The SMILES string of the molecule is CC(=NOCCCOc1c(C)cc(OCC=C(Cl)Cl)cc1Cl)c1ccc(Cl)cc1. The Kier molecular flexibility index (Phi) is 9.95. The molecular weight excluding hydrogens is 456 g/mol. The Bertz CT molecular complexity index is 840. The third kappa shape index (κ3) is 8.35. The Morgan fingerprint density at radius 1 is 1.03 bits per heavy atom. The largest absolute Gasteiger partial charge is 0.492 e. The summed E-state index contributed by atoms with van der Waals surface area (Å²) < 4.78 is 11.5. The molecule has 29 heavy (non-hydrogen) atoms. The number of aryl methyl sites for hydroxylation is 1. The van der Waals surface area contributed by atoms with Crippen molar-refractivity contribution in [3.63, 3.8) is 0 Å². The second-order valence-electron chi connectivity index (χ2n) is 6.07. The van der Waals surface area contributed by atoms with Gasteiger partial charge in [0.1, 0.15) is 29.2 Å². The monoisotopic (exact) mass is 475 g/mol.